The summed E-state index contributed by atoms with van der Waals surface area (Å²) in [5.74, 6) is -2.74. The van der Waals surface area contributed by atoms with Crippen LogP contribution in [0.2, 0.25) is 0 Å². The molecule has 6 rings (SSSR count). The van der Waals surface area contributed by atoms with Gasteiger partial charge in [-0.25, -0.2) is 4.98 Å². The van der Waals surface area contributed by atoms with Gasteiger partial charge in [-0.15, -0.1) is 0 Å². The van der Waals surface area contributed by atoms with Crippen LogP contribution in [0, 0.1) is 5.92 Å². The van der Waals surface area contributed by atoms with Gasteiger partial charge in [0.05, 0.1) is 47.7 Å². The van der Waals surface area contributed by atoms with E-state index in [1.165, 1.54) is 27.7 Å². The summed E-state index contributed by atoms with van der Waals surface area (Å²) in [6.07, 6.45) is -5.13. The Kier molecular flexibility index (Phi) is 14.4. The molecule has 15 nitrogen and oxygen atoms in total. The zero-order valence-corrected chi connectivity index (χ0v) is 34.3. The van der Waals surface area contributed by atoms with Crippen molar-refractivity contribution in [2.75, 3.05) is 6.61 Å². The second-order valence-corrected chi connectivity index (χ2v) is 15.2. The lowest BCUT2D eigenvalue weighted by atomic mass is 9.90. The fourth-order valence-electron chi connectivity index (χ4n) is 7.41. The minimum absolute atomic E-state index is 0.0166. The molecule has 0 bridgehead atoms. The van der Waals surface area contributed by atoms with E-state index < -0.39 is 60.7 Å². The largest absolute Gasteiger partial charge is 0.463 e. The van der Waals surface area contributed by atoms with Crippen molar-refractivity contribution in [3.63, 3.8) is 0 Å². The number of carbonyl (C=O) groups excluding carboxylic acids is 4. The number of benzene rings is 3. The molecule has 16 heteroatoms. The number of imidazole rings is 1. The van der Waals surface area contributed by atoms with Crippen molar-refractivity contribution in [3.8, 4) is 0 Å². The van der Waals surface area contributed by atoms with Crippen LogP contribution in [0.4, 0.5) is 0 Å². The SMILES string of the molecule is CC(=O)OCC1OC(CC(=S)NCc2ccc(C3OC(Cn4cnc5ccccc54)C(C)C(c4ccc(CO)cc4)O3)cc2)C(OC(C)=O)C(OC(C)=O)C1OC(C)=O. The molecule has 0 amide bonds. The molecular weight excluding hydrogens is 783 g/mol. The van der Waals surface area contributed by atoms with E-state index in [0.29, 0.717) is 18.1 Å². The van der Waals surface area contributed by atoms with Crippen LogP contribution in [-0.4, -0.2) is 86.8 Å². The Bertz CT molecular complexity index is 2110. The zero-order chi connectivity index (χ0) is 42.2. The van der Waals surface area contributed by atoms with Gasteiger partial charge in [-0.3, -0.25) is 19.2 Å². The highest BCUT2D eigenvalue weighted by molar-refractivity contribution is 7.80. The van der Waals surface area contributed by atoms with Crippen LogP contribution in [0.25, 0.3) is 11.0 Å². The van der Waals surface area contributed by atoms with Crippen molar-refractivity contribution in [1.29, 1.82) is 0 Å². The van der Waals surface area contributed by atoms with Gasteiger partial charge in [0, 0.05) is 52.1 Å². The molecule has 0 saturated carbocycles. The number of thiocarbonyl (C=S) groups is 1. The van der Waals surface area contributed by atoms with Crippen molar-refractivity contribution >= 4 is 52.1 Å². The Morgan fingerprint density at radius 1 is 0.746 bits per heavy atom. The van der Waals surface area contributed by atoms with Crippen molar-refractivity contribution in [3.05, 3.63) is 101 Å². The normalized spacial score (nSPS) is 25.4. The van der Waals surface area contributed by atoms with Crippen LogP contribution in [-0.2, 0) is 72.0 Å². The molecule has 2 N–H and O–H groups in total. The molecule has 9 atom stereocenters. The first-order chi connectivity index (χ1) is 28.3. The van der Waals surface area contributed by atoms with Crippen LogP contribution in [0.1, 0.15) is 75.7 Å². The van der Waals surface area contributed by atoms with Crippen molar-refractivity contribution < 1.29 is 57.4 Å². The molecule has 0 radical (unpaired) electrons. The lowest BCUT2D eigenvalue weighted by Crippen LogP contribution is -2.62. The molecule has 2 fully saturated rings. The number of nitrogens with one attached hydrogen (secondary N) is 1. The summed E-state index contributed by atoms with van der Waals surface area (Å²) in [6, 6.07) is 23.5. The summed E-state index contributed by atoms with van der Waals surface area (Å²) < 4.78 is 43.4. The molecule has 0 spiro atoms. The van der Waals surface area contributed by atoms with Gasteiger partial charge in [-0.1, -0.05) is 79.8 Å². The Morgan fingerprint density at radius 3 is 2.00 bits per heavy atom. The van der Waals surface area contributed by atoms with E-state index in [-0.39, 0.29) is 37.8 Å². The fourth-order valence-corrected chi connectivity index (χ4v) is 7.64. The van der Waals surface area contributed by atoms with Crippen LogP contribution < -0.4 is 5.32 Å². The molecule has 2 aliphatic rings. The van der Waals surface area contributed by atoms with Crippen molar-refractivity contribution in [2.45, 2.75) is 110 Å². The van der Waals surface area contributed by atoms with Gasteiger partial charge in [0.1, 0.15) is 18.8 Å². The fraction of sp³-hybridized carbons (Fsp3) is 0.442. The lowest BCUT2D eigenvalue weighted by molar-refractivity contribution is -0.276. The van der Waals surface area contributed by atoms with Gasteiger partial charge in [-0.05, 0) is 28.8 Å². The van der Waals surface area contributed by atoms with Crippen molar-refractivity contribution in [2.24, 2.45) is 5.92 Å². The second kappa shape index (κ2) is 19.7. The van der Waals surface area contributed by atoms with Crippen LogP contribution in [0.3, 0.4) is 0 Å². The minimum atomic E-state index is -1.28. The molecule has 0 aliphatic carbocycles. The standard InChI is InChI=1S/C43H49N3O12S/c1-24-36(20-46-23-45-33-8-6-7-9-34(33)46)57-43(58-39(24)31-14-12-30(21-47)13-15-31)32-16-10-29(11-17-32)19-44-38(59)18-35-40(53-26(3)49)42(55-28(5)51)41(54-27(4)50)37(56-35)22-52-25(2)48/h6-17,23-24,35-37,39-43,47H,18-22H2,1-5H3,(H,44,59). The van der Waals surface area contributed by atoms with E-state index >= 15 is 0 Å². The zero-order valence-electron chi connectivity index (χ0n) is 33.5. The molecule has 3 aromatic carbocycles. The average Bonchev–Trinajstić information content (AvgIpc) is 3.61. The topological polar surface area (TPSA) is 183 Å². The number of esters is 4. The third-order valence-electron chi connectivity index (χ3n) is 10.2. The number of aliphatic hydroxyl groups excluding tert-OH is 1. The Hall–Kier alpha value is -5.26. The maximum Gasteiger partial charge on any atom is 0.303 e. The molecule has 314 valence electrons. The summed E-state index contributed by atoms with van der Waals surface area (Å²) >= 11 is 5.70. The van der Waals surface area contributed by atoms with E-state index in [1.807, 2.05) is 79.1 Å². The number of fused-ring (bicyclic) bond motifs is 1. The quantitative estimate of drug-likeness (QED) is 0.0988. The average molecular weight is 832 g/mol. The summed E-state index contributed by atoms with van der Waals surface area (Å²) in [6.45, 7) is 7.36. The van der Waals surface area contributed by atoms with Gasteiger partial charge in [-0.2, -0.15) is 0 Å². The number of carbonyl (C=O) groups is 4. The van der Waals surface area contributed by atoms with Gasteiger partial charge in [0.15, 0.2) is 24.6 Å². The first-order valence-corrected chi connectivity index (χ1v) is 19.8. The molecule has 59 heavy (non-hydrogen) atoms. The monoisotopic (exact) mass is 831 g/mol. The van der Waals surface area contributed by atoms with E-state index in [4.69, 9.17) is 45.4 Å². The highest BCUT2D eigenvalue weighted by Gasteiger charge is 2.52. The highest BCUT2D eigenvalue weighted by atomic mass is 32.1. The van der Waals surface area contributed by atoms with E-state index in [2.05, 4.69) is 21.8 Å². The second-order valence-electron chi connectivity index (χ2n) is 14.7. The maximum absolute atomic E-state index is 12.2. The smallest absolute Gasteiger partial charge is 0.303 e. The van der Waals surface area contributed by atoms with Crippen LogP contribution in [0.15, 0.2) is 79.1 Å². The number of para-hydroxylation sites is 2. The molecule has 4 aromatic rings. The molecule has 2 saturated heterocycles. The summed E-state index contributed by atoms with van der Waals surface area (Å²) in [5, 5.41) is 12.8. The number of ether oxygens (including phenoxy) is 7. The van der Waals surface area contributed by atoms with E-state index in [1.54, 1.807) is 0 Å². The first-order valence-electron chi connectivity index (χ1n) is 19.4. The minimum Gasteiger partial charge on any atom is -0.463 e. The number of hydrogen-bond donors (Lipinski definition) is 2. The first kappa shape index (κ1) is 43.3. The van der Waals surface area contributed by atoms with Crippen LogP contribution >= 0.6 is 12.2 Å². The van der Waals surface area contributed by atoms with Crippen molar-refractivity contribution in [1.82, 2.24) is 14.9 Å². The molecule has 9 unspecified atom stereocenters. The van der Waals surface area contributed by atoms with Gasteiger partial charge >= 0.3 is 23.9 Å². The lowest BCUT2D eigenvalue weighted by Gasteiger charge is -2.44. The van der Waals surface area contributed by atoms with Gasteiger partial charge in [0.25, 0.3) is 0 Å². The summed E-state index contributed by atoms with van der Waals surface area (Å²) in [5.41, 5.74) is 5.42. The van der Waals surface area contributed by atoms with Gasteiger partial charge < -0.3 is 48.1 Å². The number of aromatic nitrogens is 2. The van der Waals surface area contributed by atoms with E-state index in [9.17, 15) is 24.3 Å². The number of aliphatic hydroxyl groups is 1. The maximum atomic E-state index is 12.2. The third-order valence-corrected chi connectivity index (χ3v) is 10.6. The van der Waals surface area contributed by atoms with Crippen LogP contribution in [0.5, 0.6) is 0 Å². The Morgan fingerprint density at radius 2 is 1.36 bits per heavy atom. The molecule has 2 aliphatic heterocycles. The third kappa shape index (κ3) is 11.1. The Labute approximate surface area is 347 Å². The molecular formula is C43H49N3O12S. The Balaban J connectivity index is 1.16. The van der Waals surface area contributed by atoms with E-state index in [0.717, 1.165) is 33.3 Å². The number of nitrogens with zero attached hydrogens (tertiary/aromatic N) is 2. The number of hydrogen-bond acceptors (Lipinski definition) is 14. The summed E-state index contributed by atoms with van der Waals surface area (Å²) in [7, 11) is 0. The molecule has 3 heterocycles. The predicted octanol–water partition coefficient (Wildman–Crippen LogP) is 4.95. The predicted molar refractivity (Wildman–Crippen MR) is 215 cm³/mol. The summed E-state index contributed by atoms with van der Waals surface area (Å²) in [4.78, 5) is 53.1. The number of rotatable bonds is 14. The van der Waals surface area contributed by atoms with Gasteiger partial charge in [0.2, 0.25) is 0 Å². The molecule has 1 aromatic heterocycles. The highest BCUT2D eigenvalue weighted by Crippen LogP contribution is 2.42.